The highest BCUT2D eigenvalue weighted by Gasteiger charge is 2.30. The zero-order chi connectivity index (χ0) is 17.2. The Balaban J connectivity index is 1.89. The number of nitrogens with one attached hydrogen (secondary N) is 1. The number of rotatable bonds is 5. The first kappa shape index (κ1) is 16.5. The Morgan fingerprint density at radius 1 is 1.33 bits per heavy atom. The second kappa shape index (κ2) is 6.65. The highest BCUT2D eigenvalue weighted by Crippen LogP contribution is 2.36. The summed E-state index contributed by atoms with van der Waals surface area (Å²) in [4.78, 5) is 5.23. The molecular weight excluding hydrogens is 318 g/mol. The molecule has 0 spiro atoms. The smallest absolute Gasteiger partial charge is 0.387 e. The average molecular weight is 336 g/mol. The van der Waals surface area contributed by atoms with E-state index in [1.165, 1.54) is 6.07 Å². The van der Waals surface area contributed by atoms with Gasteiger partial charge in [0, 0.05) is 5.56 Å². The van der Waals surface area contributed by atoms with Crippen molar-refractivity contribution in [2.45, 2.75) is 50.9 Å². The van der Waals surface area contributed by atoms with Crippen LogP contribution in [0.3, 0.4) is 0 Å². The van der Waals surface area contributed by atoms with Gasteiger partial charge in [-0.05, 0) is 56.9 Å². The molecule has 0 aromatic heterocycles. The van der Waals surface area contributed by atoms with Crippen LogP contribution in [0.15, 0.2) is 24.3 Å². The number of hydrogen-bond acceptors (Lipinski definition) is 5. The lowest BCUT2D eigenvalue weighted by Gasteiger charge is -2.18. The molecule has 1 saturated carbocycles. The fourth-order valence-electron chi connectivity index (χ4n) is 2.84. The monoisotopic (exact) mass is 336 g/mol. The summed E-state index contributed by atoms with van der Waals surface area (Å²) in [6.45, 7) is -1.30. The van der Waals surface area contributed by atoms with Crippen molar-refractivity contribution >= 4 is 5.70 Å². The van der Waals surface area contributed by atoms with Gasteiger partial charge in [-0.15, -0.1) is 0 Å². The van der Waals surface area contributed by atoms with E-state index >= 15 is 0 Å². The summed E-state index contributed by atoms with van der Waals surface area (Å²) in [5.41, 5.74) is 2.87. The van der Waals surface area contributed by atoms with Gasteiger partial charge in [-0.2, -0.15) is 14.0 Å². The van der Waals surface area contributed by atoms with Crippen LogP contribution in [0, 0.1) is 11.3 Å². The maximum Gasteiger partial charge on any atom is 0.387 e. The molecule has 2 aliphatic rings. The largest absolute Gasteiger partial charge is 0.487 e. The summed E-state index contributed by atoms with van der Waals surface area (Å²) in [5, 5.41) is 9.09. The third-order valence-corrected chi connectivity index (χ3v) is 4.08. The molecule has 0 amide bonds. The minimum atomic E-state index is -2.92. The van der Waals surface area contributed by atoms with E-state index in [0.717, 1.165) is 25.7 Å². The van der Waals surface area contributed by atoms with Gasteiger partial charge in [0.2, 0.25) is 0 Å². The Morgan fingerprint density at radius 3 is 2.71 bits per heavy atom. The highest BCUT2D eigenvalue weighted by atomic mass is 19.3. The molecule has 1 atom stereocenters. The van der Waals surface area contributed by atoms with E-state index in [-0.39, 0.29) is 17.6 Å². The average Bonchev–Trinajstić information content (AvgIpc) is 3.19. The Labute approximate surface area is 138 Å². The quantitative estimate of drug-likeness (QED) is 0.887. The van der Waals surface area contributed by atoms with Crippen molar-refractivity contribution in [2.24, 2.45) is 0 Å². The van der Waals surface area contributed by atoms with E-state index in [1.807, 2.05) is 6.07 Å². The predicted molar refractivity (Wildman–Crippen MR) is 82.2 cm³/mol. The number of nitrogens with zero attached hydrogens (tertiary/aromatic N) is 1. The van der Waals surface area contributed by atoms with E-state index in [2.05, 4.69) is 10.2 Å². The van der Waals surface area contributed by atoms with Crippen molar-refractivity contribution in [1.29, 1.82) is 5.26 Å². The molecule has 128 valence electrons. The zero-order valence-corrected chi connectivity index (χ0v) is 13.2. The Bertz CT molecular complexity index is 681. The molecule has 1 aliphatic heterocycles. The topological polar surface area (TPSA) is 63.5 Å². The third-order valence-electron chi connectivity index (χ3n) is 4.08. The van der Waals surface area contributed by atoms with Crippen LogP contribution in [-0.2, 0) is 4.84 Å². The number of hydroxylamine groups is 1. The zero-order valence-electron chi connectivity index (χ0n) is 13.2. The van der Waals surface area contributed by atoms with Crippen LogP contribution in [0.2, 0.25) is 0 Å². The molecule has 1 aromatic rings. The molecule has 5 nitrogen and oxygen atoms in total. The molecule has 1 N–H and O–H groups in total. The lowest BCUT2D eigenvalue weighted by Crippen LogP contribution is -2.22. The van der Waals surface area contributed by atoms with Gasteiger partial charge < -0.3 is 9.47 Å². The first-order valence-electron chi connectivity index (χ1n) is 7.83. The highest BCUT2D eigenvalue weighted by molar-refractivity contribution is 5.69. The number of ether oxygens (including phenoxy) is 2. The van der Waals surface area contributed by atoms with Crippen LogP contribution in [0.5, 0.6) is 11.5 Å². The van der Waals surface area contributed by atoms with Crippen molar-refractivity contribution in [3.63, 3.8) is 0 Å². The van der Waals surface area contributed by atoms with Gasteiger partial charge in [0.25, 0.3) is 0 Å². The van der Waals surface area contributed by atoms with Crippen LogP contribution in [0.25, 0.3) is 5.70 Å². The van der Waals surface area contributed by atoms with Gasteiger partial charge in [-0.3, -0.25) is 10.3 Å². The molecule has 3 rings (SSSR count). The maximum absolute atomic E-state index is 12.6. The van der Waals surface area contributed by atoms with Crippen LogP contribution in [0.1, 0.15) is 38.2 Å². The summed E-state index contributed by atoms with van der Waals surface area (Å²) in [5.74, 6) is 0.274. The molecule has 0 radical (unpaired) electrons. The molecule has 1 heterocycles. The fourth-order valence-corrected chi connectivity index (χ4v) is 2.84. The van der Waals surface area contributed by atoms with Crippen LogP contribution in [-0.4, -0.2) is 18.3 Å². The number of benzene rings is 1. The molecule has 1 unspecified atom stereocenters. The van der Waals surface area contributed by atoms with Crippen molar-refractivity contribution < 1.29 is 23.1 Å². The number of alkyl halides is 2. The van der Waals surface area contributed by atoms with E-state index in [9.17, 15) is 8.78 Å². The van der Waals surface area contributed by atoms with Gasteiger partial charge >= 0.3 is 6.61 Å². The molecule has 1 aromatic carbocycles. The Morgan fingerprint density at radius 2 is 2.08 bits per heavy atom. The van der Waals surface area contributed by atoms with Crippen molar-refractivity contribution in [3.8, 4) is 17.6 Å². The van der Waals surface area contributed by atoms with Gasteiger partial charge in [-0.1, -0.05) is 0 Å². The minimum absolute atomic E-state index is 0.00297. The first-order valence-corrected chi connectivity index (χ1v) is 7.83. The molecule has 7 heteroatoms. The summed E-state index contributed by atoms with van der Waals surface area (Å²) >= 11 is 0. The van der Waals surface area contributed by atoms with Gasteiger partial charge in [0.1, 0.15) is 6.07 Å². The molecule has 0 bridgehead atoms. The minimum Gasteiger partial charge on any atom is -0.487 e. The molecular formula is C17H18F2N2O3. The summed E-state index contributed by atoms with van der Waals surface area (Å²) in [7, 11) is 0. The van der Waals surface area contributed by atoms with Crippen molar-refractivity contribution in [1.82, 2.24) is 5.48 Å². The first-order chi connectivity index (χ1) is 11.5. The SMILES string of the molecule is CC1(C#N)C=C(c2ccc(OC(F)F)c(OC3CCCC3)c2)NO1. The predicted octanol–water partition coefficient (Wildman–Crippen LogP) is 3.77. The fraction of sp³-hybridized carbons (Fsp3) is 0.471. The lowest BCUT2D eigenvalue weighted by molar-refractivity contribution is -0.0520. The van der Waals surface area contributed by atoms with Gasteiger partial charge in [0.15, 0.2) is 17.1 Å². The van der Waals surface area contributed by atoms with Crippen molar-refractivity contribution in [2.75, 3.05) is 0 Å². The van der Waals surface area contributed by atoms with E-state index in [1.54, 1.807) is 25.1 Å². The molecule has 0 saturated heterocycles. The lowest BCUT2D eigenvalue weighted by atomic mass is 10.0. The number of hydrogen-bond donors (Lipinski definition) is 1. The van der Waals surface area contributed by atoms with E-state index in [4.69, 9.17) is 14.8 Å². The third kappa shape index (κ3) is 3.60. The second-order valence-electron chi connectivity index (χ2n) is 6.05. The second-order valence-corrected chi connectivity index (χ2v) is 6.05. The van der Waals surface area contributed by atoms with E-state index < -0.39 is 12.2 Å². The normalized spacial score (nSPS) is 23.7. The standard InChI is InChI=1S/C17H18F2N2O3/c1-17(10-20)9-13(21-24-17)11-6-7-14(23-16(18)19)15(8-11)22-12-4-2-3-5-12/h6-9,12,16,21H,2-5H2,1H3. The number of halogens is 2. The van der Waals surface area contributed by atoms with Gasteiger partial charge in [-0.25, -0.2) is 0 Å². The van der Waals surface area contributed by atoms with Crippen LogP contribution in [0.4, 0.5) is 8.78 Å². The summed E-state index contributed by atoms with van der Waals surface area (Å²) < 4.78 is 35.6. The molecule has 1 fully saturated rings. The summed E-state index contributed by atoms with van der Waals surface area (Å²) in [6.07, 6.45) is 5.57. The molecule has 24 heavy (non-hydrogen) atoms. The number of nitriles is 1. The Kier molecular flexibility index (Phi) is 4.58. The Hall–Kier alpha value is -2.33. The maximum atomic E-state index is 12.6. The summed E-state index contributed by atoms with van der Waals surface area (Å²) in [6, 6.07) is 6.72. The van der Waals surface area contributed by atoms with Crippen molar-refractivity contribution in [3.05, 3.63) is 29.8 Å². The molecule has 1 aliphatic carbocycles. The van der Waals surface area contributed by atoms with Crippen LogP contribution < -0.4 is 15.0 Å². The van der Waals surface area contributed by atoms with E-state index in [0.29, 0.717) is 11.3 Å². The van der Waals surface area contributed by atoms with Gasteiger partial charge in [0.05, 0.1) is 11.8 Å². The van der Waals surface area contributed by atoms with Crippen LogP contribution >= 0.6 is 0 Å².